The topological polar surface area (TPSA) is 238 Å². The van der Waals surface area contributed by atoms with Crippen LogP contribution in [0.2, 0.25) is 0 Å². The molecule has 0 unspecified atom stereocenters. The van der Waals surface area contributed by atoms with Crippen LogP contribution in [0, 0.1) is 0 Å². The Kier molecular flexibility index (Phi) is 20.4. The summed E-state index contributed by atoms with van der Waals surface area (Å²) in [6.45, 7) is 5.00. The molecule has 2 N–H and O–H groups in total. The van der Waals surface area contributed by atoms with Gasteiger partial charge < -0.3 is 67.1 Å². The molecule has 4 amide bonds. The van der Waals surface area contributed by atoms with Gasteiger partial charge in [-0.05, 0) is 60.7 Å². The summed E-state index contributed by atoms with van der Waals surface area (Å²) < 4.78 is 66.9. The van der Waals surface area contributed by atoms with Crippen molar-refractivity contribution in [2.45, 2.75) is 0 Å². The second-order valence-corrected chi connectivity index (χ2v) is 14.9. The lowest BCUT2D eigenvalue weighted by Gasteiger charge is -2.30. The number of amides is 4. The van der Waals surface area contributed by atoms with Gasteiger partial charge in [-0.25, -0.2) is 4.90 Å². The fourth-order valence-corrected chi connectivity index (χ4v) is 7.02. The van der Waals surface area contributed by atoms with Crippen LogP contribution in [0.15, 0.2) is 65.8 Å². The van der Waals surface area contributed by atoms with Crippen molar-refractivity contribution in [2.24, 2.45) is 5.10 Å². The number of hydrogen-bond acceptors (Lipinski definition) is 18. The van der Waals surface area contributed by atoms with Crippen LogP contribution in [-0.2, 0) is 42.6 Å². The minimum atomic E-state index is -0.924. The van der Waals surface area contributed by atoms with E-state index in [0.717, 1.165) is 4.90 Å². The van der Waals surface area contributed by atoms with E-state index in [0.29, 0.717) is 71.1 Å². The SMILES string of the molecule is COCCOCCOCCOc1cc(C(O)=NN2C(=O)c3ccc4c5c(ccc(c35)C2=O)C(=O)N(c2ccc(O)cc2)C4=O)cc(OCCOCCOCCOC)c1OCCOCCOCCOC. The van der Waals surface area contributed by atoms with Crippen molar-refractivity contribution in [1.29, 1.82) is 0 Å². The maximum absolute atomic E-state index is 14.2. The molecule has 0 spiro atoms. The normalized spacial score (nSPS) is 13.5. The first-order valence-corrected chi connectivity index (χ1v) is 22.1. The quantitative estimate of drug-likeness (QED) is 0.0297. The Balaban J connectivity index is 1.25. The van der Waals surface area contributed by atoms with E-state index < -0.39 is 29.5 Å². The smallest absolute Gasteiger partial charge is 0.282 e. The van der Waals surface area contributed by atoms with Gasteiger partial charge in [0.15, 0.2) is 11.5 Å². The largest absolute Gasteiger partial charge is 0.508 e. The summed E-state index contributed by atoms with van der Waals surface area (Å²) in [5, 5.41) is 26.3. The highest BCUT2D eigenvalue weighted by Gasteiger charge is 2.41. The van der Waals surface area contributed by atoms with Crippen LogP contribution in [0.1, 0.15) is 47.0 Å². The summed E-state index contributed by atoms with van der Waals surface area (Å²) in [5.74, 6) is -3.71. The van der Waals surface area contributed by atoms with Gasteiger partial charge >= 0.3 is 0 Å². The number of aliphatic hydroxyl groups is 1. The number of benzene rings is 4. The van der Waals surface area contributed by atoms with E-state index in [9.17, 15) is 29.4 Å². The maximum atomic E-state index is 14.2. The second-order valence-electron chi connectivity index (χ2n) is 14.9. The van der Waals surface area contributed by atoms with Gasteiger partial charge in [-0.1, -0.05) is 0 Å². The average molecular weight is 964 g/mol. The third-order valence-corrected chi connectivity index (χ3v) is 10.3. The number of aliphatic hydroxyl groups excluding tert-OH is 1. The zero-order chi connectivity index (χ0) is 49.0. The number of imide groups is 2. The molecule has 372 valence electrons. The number of carbonyl (C=O) groups is 4. The summed E-state index contributed by atoms with van der Waals surface area (Å²) in [6, 6.07) is 13.9. The highest BCUT2D eigenvalue weighted by molar-refractivity contribution is 6.39. The van der Waals surface area contributed by atoms with Gasteiger partial charge in [0.25, 0.3) is 23.6 Å². The highest BCUT2D eigenvalue weighted by atomic mass is 16.6. The van der Waals surface area contributed by atoms with Crippen LogP contribution >= 0.6 is 0 Å². The standard InChI is InChI=1S/C48H57N3O18/c1-58-12-15-61-18-21-64-24-27-67-39-30-32(31-40(68-28-25-65-22-19-62-16-13-59-2)43(39)69-29-26-66-23-20-63-17-14-60-3)44(53)49-51-47(56)37-10-8-35-41-36(9-11-38(42(37)41)48(51)57)46(55)50(45(35)54)33-4-6-34(52)7-5-33/h4-11,30-31,52H,12-29H2,1-3H3,(H,49,53). The molecule has 0 saturated carbocycles. The van der Waals surface area contributed by atoms with E-state index in [4.69, 9.17) is 56.8 Å². The number of phenols is 1. The molecule has 2 heterocycles. The fourth-order valence-electron chi connectivity index (χ4n) is 7.02. The molecular weight excluding hydrogens is 907 g/mol. The molecule has 0 saturated heterocycles. The molecule has 21 nitrogen and oxygen atoms in total. The molecule has 0 bridgehead atoms. The lowest BCUT2D eigenvalue weighted by molar-refractivity contribution is 0.0146. The predicted molar refractivity (Wildman–Crippen MR) is 246 cm³/mol. The minimum absolute atomic E-state index is 0.0162. The fraction of sp³-hybridized carbons (Fsp3) is 0.438. The van der Waals surface area contributed by atoms with E-state index in [1.165, 1.54) is 60.7 Å². The average Bonchev–Trinajstić information content (AvgIpc) is 3.35. The molecule has 0 fully saturated rings. The van der Waals surface area contributed by atoms with Crippen LogP contribution in [-0.4, -0.2) is 185 Å². The monoisotopic (exact) mass is 963 g/mol. The highest BCUT2D eigenvalue weighted by Crippen LogP contribution is 2.41. The van der Waals surface area contributed by atoms with Gasteiger partial charge in [0.05, 0.1) is 116 Å². The number of anilines is 1. The number of aromatic hydroxyl groups is 1. The molecule has 0 atom stereocenters. The summed E-state index contributed by atoms with van der Waals surface area (Å²) in [4.78, 5) is 56.9. The zero-order valence-corrected chi connectivity index (χ0v) is 38.8. The van der Waals surface area contributed by atoms with E-state index >= 15 is 0 Å². The Bertz CT molecular complexity index is 2280. The van der Waals surface area contributed by atoms with Gasteiger partial charge in [-0.2, -0.15) is 5.01 Å². The Morgan fingerprint density at radius 2 is 0.812 bits per heavy atom. The minimum Gasteiger partial charge on any atom is -0.508 e. The number of hydrazone groups is 1. The van der Waals surface area contributed by atoms with Gasteiger partial charge in [-0.15, -0.1) is 5.10 Å². The number of carbonyl (C=O) groups excluding carboxylic acids is 4. The van der Waals surface area contributed by atoms with Crippen LogP contribution in [0.3, 0.4) is 0 Å². The Morgan fingerprint density at radius 1 is 0.464 bits per heavy atom. The third kappa shape index (κ3) is 13.7. The second kappa shape index (κ2) is 27.1. The summed E-state index contributed by atoms with van der Waals surface area (Å²) in [7, 11) is 4.75. The number of ether oxygens (including phenoxy) is 12. The van der Waals surface area contributed by atoms with Crippen molar-refractivity contribution in [2.75, 3.05) is 145 Å². The Morgan fingerprint density at radius 3 is 1.20 bits per heavy atom. The number of rotatable bonds is 33. The number of phenolic OH excluding ortho intramolecular Hbond substituents is 1. The molecule has 2 aliphatic rings. The van der Waals surface area contributed by atoms with Crippen molar-refractivity contribution >= 4 is 46.0 Å². The predicted octanol–water partition coefficient (Wildman–Crippen LogP) is 4.04. The lowest BCUT2D eigenvalue weighted by atomic mass is 9.86. The Labute approximate surface area is 398 Å². The molecule has 0 aliphatic carbocycles. The molecule has 21 heteroatoms. The van der Waals surface area contributed by atoms with Crippen molar-refractivity contribution in [1.82, 2.24) is 5.01 Å². The van der Waals surface area contributed by atoms with Gasteiger partial charge in [-0.3, -0.25) is 19.2 Å². The molecule has 0 aromatic heterocycles. The molecule has 2 aliphatic heterocycles. The summed E-state index contributed by atoms with van der Waals surface area (Å²) in [6.07, 6.45) is 0. The molecule has 69 heavy (non-hydrogen) atoms. The molecule has 6 rings (SSSR count). The van der Waals surface area contributed by atoms with Gasteiger partial charge in [0.2, 0.25) is 11.6 Å². The van der Waals surface area contributed by atoms with Crippen molar-refractivity contribution in [3.63, 3.8) is 0 Å². The number of methoxy groups -OCH3 is 3. The van der Waals surface area contributed by atoms with Crippen LogP contribution in [0.25, 0.3) is 10.8 Å². The zero-order valence-electron chi connectivity index (χ0n) is 38.8. The summed E-state index contributed by atoms with van der Waals surface area (Å²) in [5.41, 5.74) is 0.293. The van der Waals surface area contributed by atoms with E-state index in [2.05, 4.69) is 5.10 Å². The first kappa shape index (κ1) is 52.1. The van der Waals surface area contributed by atoms with Crippen molar-refractivity contribution in [3.8, 4) is 23.0 Å². The van der Waals surface area contributed by atoms with Gasteiger partial charge in [0.1, 0.15) is 25.6 Å². The van der Waals surface area contributed by atoms with E-state index in [1.807, 2.05) is 0 Å². The maximum Gasteiger partial charge on any atom is 0.282 e. The molecular formula is C48H57N3O18. The van der Waals surface area contributed by atoms with Gasteiger partial charge in [0, 0.05) is 48.8 Å². The molecule has 0 radical (unpaired) electrons. The first-order valence-electron chi connectivity index (χ1n) is 22.1. The van der Waals surface area contributed by atoms with Crippen molar-refractivity contribution in [3.05, 3.63) is 88.5 Å². The Hall–Kier alpha value is -6.27. The summed E-state index contributed by atoms with van der Waals surface area (Å²) >= 11 is 0. The third-order valence-electron chi connectivity index (χ3n) is 10.3. The molecule has 4 aromatic rings. The number of hydrogen-bond donors (Lipinski definition) is 2. The molecule has 4 aromatic carbocycles. The van der Waals surface area contributed by atoms with Crippen molar-refractivity contribution < 1.29 is 86.2 Å². The number of nitrogens with zero attached hydrogens (tertiary/aromatic N) is 3. The van der Waals surface area contributed by atoms with E-state index in [1.54, 1.807) is 21.3 Å². The lowest BCUT2D eigenvalue weighted by Crippen LogP contribution is -2.42. The first-order chi connectivity index (χ1) is 33.7. The van der Waals surface area contributed by atoms with Crippen LogP contribution < -0.4 is 19.1 Å². The van der Waals surface area contributed by atoms with E-state index in [-0.39, 0.29) is 120 Å². The van der Waals surface area contributed by atoms with Crippen LogP contribution in [0.5, 0.6) is 23.0 Å². The van der Waals surface area contributed by atoms with Crippen LogP contribution in [0.4, 0.5) is 5.69 Å².